The number of benzene rings is 1. The average Bonchev–Trinajstić information content (AvgIpc) is 3.20. The monoisotopic (exact) mass is 402 g/mol. The summed E-state index contributed by atoms with van der Waals surface area (Å²) < 4.78 is 4.17. The number of carbonyl (C=O) groups excluding carboxylic acids is 1. The Kier molecular flexibility index (Phi) is 5.28. The minimum Gasteiger partial charge on any atom is -0.291 e. The van der Waals surface area contributed by atoms with Crippen molar-refractivity contribution in [3.63, 3.8) is 0 Å². The summed E-state index contributed by atoms with van der Waals surface area (Å²) in [6.07, 6.45) is 5.67. The number of nitrogens with zero attached hydrogens (tertiary/aromatic N) is 5. The van der Waals surface area contributed by atoms with Gasteiger partial charge in [-0.25, -0.2) is 9.67 Å². The number of hydrogen-bond donors (Lipinski definition) is 1. The van der Waals surface area contributed by atoms with E-state index in [-0.39, 0.29) is 5.91 Å². The molecule has 0 saturated heterocycles. The molecular formula is C17H19BrN6O. The summed E-state index contributed by atoms with van der Waals surface area (Å²) in [6, 6.07) is 7.70. The van der Waals surface area contributed by atoms with Crippen LogP contribution in [0, 0.1) is 6.92 Å². The van der Waals surface area contributed by atoms with Crippen molar-refractivity contribution in [2.45, 2.75) is 32.9 Å². The Bertz CT molecular complexity index is 871. The third-order valence-corrected chi connectivity index (χ3v) is 4.35. The second-order valence-electron chi connectivity index (χ2n) is 5.74. The van der Waals surface area contributed by atoms with E-state index in [2.05, 4.69) is 55.5 Å². The van der Waals surface area contributed by atoms with Crippen molar-refractivity contribution < 1.29 is 4.79 Å². The zero-order valence-electron chi connectivity index (χ0n) is 14.1. The van der Waals surface area contributed by atoms with E-state index in [1.54, 1.807) is 28.1 Å². The lowest BCUT2D eigenvalue weighted by atomic mass is 10.1. The maximum Gasteiger partial charge on any atom is 0.251 e. The van der Waals surface area contributed by atoms with Crippen LogP contribution in [0.1, 0.15) is 30.5 Å². The molecule has 7 nitrogen and oxygen atoms in total. The Labute approximate surface area is 154 Å². The number of aromatic nitrogens is 5. The molecule has 0 aliphatic rings. The van der Waals surface area contributed by atoms with Crippen LogP contribution >= 0.6 is 15.9 Å². The predicted molar refractivity (Wildman–Crippen MR) is 98.2 cm³/mol. The molecule has 0 aliphatic heterocycles. The van der Waals surface area contributed by atoms with Crippen molar-refractivity contribution >= 4 is 27.8 Å². The van der Waals surface area contributed by atoms with Crippen LogP contribution in [-0.4, -0.2) is 30.5 Å². The highest BCUT2D eigenvalue weighted by Gasteiger charge is 2.20. The zero-order chi connectivity index (χ0) is 17.8. The predicted octanol–water partition coefficient (Wildman–Crippen LogP) is 3.18. The summed E-state index contributed by atoms with van der Waals surface area (Å²) >= 11 is 3.34. The highest BCUT2D eigenvalue weighted by atomic mass is 79.9. The molecule has 2 heterocycles. The van der Waals surface area contributed by atoms with Gasteiger partial charge in [-0.3, -0.25) is 14.8 Å². The molecule has 0 saturated carbocycles. The molecule has 3 rings (SSSR count). The molecular weight excluding hydrogens is 384 g/mol. The molecule has 1 amide bonds. The molecule has 0 bridgehead atoms. The summed E-state index contributed by atoms with van der Waals surface area (Å²) in [6.45, 7) is 4.60. The first-order chi connectivity index (χ1) is 12.1. The van der Waals surface area contributed by atoms with E-state index in [0.717, 1.165) is 10.0 Å². The van der Waals surface area contributed by atoms with Crippen LogP contribution in [0.2, 0.25) is 0 Å². The molecule has 1 aromatic carbocycles. The van der Waals surface area contributed by atoms with Gasteiger partial charge in [0.25, 0.3) is 5.91 Å². The second-order valence-corrected chi connectivity index (χ2v) is 6.66. The Balaban J connectivity index is 1.68. The highest BCUT2D eigenvalue weighted by Crippen LogP contribution is 2.16. The Morgan fingerprint density at radius 3 is 2.84 bits per heavy atom. The van der Waals surface area contributed by atoms with Crippen molar-refractivity contribution in [2.24, 2.45) is 0 Å². The van der Waals surface area contributed by atoms with Crippen molar-refractivity contribution in [1.29, 1.82) is 0 Å². The summed E-state index contributed by atoms with van der Waals surface area (Å²) in [5.74, 6) is 0.106. The fraction of sp³-hybridized carbons (Fsp3) is 0.294. The van der Waals surface area contributed by atoms with Crippen LogP contribution in [0.3, 0.4) is 0 Å². The van der Waals surface area contributed by atoms with Gasteiger partial charge >= 0.3 is 0 Å². The van der Waals surface area contributed by atoms with E-state index in [1.807, 2.05) is 19.1 Å². The molecule has 130 valence electrons. The van der Waals surface area contributed by atoms with Gasteiger partial charge in [0, 0.05) is 6.20 Å². The van der Waals surface area contributed by atoms with E-state index in [0.29, 0.717) is 18.9 Å². The molecule has 2 aromatic heterocycles. The minimum atomic E-state index is -0.408. The Morgan fingerprint density at radius 2 is 2.16 bits per heavy atom. The minimum absolute atomic E-state index is 0.188. The van der Waals surface area contributed by atoms with Crippen LogP contribution in [0.25, 0.3) is 0 Å². The standard InChI is InChI=1S/C17H19BrN6O/c1-3-15(24-10-14(18)8-20-24)16(25)21-17-19-11-23(22-17)9-13-7-5-4-6-12(13)2/h4-8,10-11,15H,3,9H2,1-2H3,(H,21,22,25). The molecule has 3 aromatic rings. The number of anilines is 1. The van der Waals surface area contributed by atoms with E-state index in [4.69, 9.17) is 0 Å². The number of amides is 1. The van der Waals surface area contributed by atoms with Crippen molar-refractivity contribution in [2.75, 3.05) is 5.32 Å². The molecule has 8 heteroatoms. The summed E-state index contributed by atoms with van der Waals surface area (Å²) in [4.78, 5) is 16.7. The van der Waals surface area contributed by atoms with Crippen molar-refractivity contribution in [1.82, 2.24) is 24.5 Å². The first-order valence-corrected chi connectivity index (χ1v) is 8.80. The van der Waals surface area contributed by atoms with Gasteiger partial charge in [-0.05, 0) is 40.4 Å². The van der Waals surface area contributed by atoms with Crippen LogP contribution in [0.15, 0.2) is 47.5 Å². The van der Waals surface area contributed by atoms with Crippen LogP contribution in [-0.2, 0) is 11.3 Å². The average molecular weight is 403 g/mol. The Hall–Kier alpha value is -2.48. The fourth-order valence-corrected chi connectivity index (χ4v) is 2.86. The number of carbonyl (C=O) groups is 1. The smallest absolute Gasteiger partial charge is 0.251 e. The third-order valence-electron chi connectivity index (χ3n) is 3.94. The van der Waals surface area contributed by atoms with Gasteiger partial charge in [-0.2, -0.15) is 5.10 Å². The van der Waals surface area contributed by atoms with Gasteiger partial charge in [0.1, 0.15) is 12.4 Å². The van der Waals surface area contributed by atoms with Gasteiger partial charge in [0.2, 0.25) is 5.95 Å². The summed E-state index contributed by atoms with van der Waals surface area (Å²) in [5, 5.41) is 11.3. The van der Waals surface area contributed by atoms with Gasteiger partial charge in [-0.15, -0.1) is 5.10 Å². The van der Waals surface area contributed by atoms with Crippen molar-refractivity contribution in [3.8, 4) is 0 Å². The first kappa shape index (κ1) is 17.3. The number of aryl methyl sites for hydroxylation is 1. The van der Waals surface area contributed by atoms with Gasteiger partial charge in [0.15, 0.2) is 0 Å². The molecule has 0 radical (unpaired) electrons. The number of rotatable bonds is 6. The zero-order valence-corrected chi connectivity index (χ0v) is 15.6. The topological polar surface area (TPSA) is 77.6 Å². The summed E-state index contributed by atoms with van der Waals surface area (Å²) in [7, 11) is 0. The normalized spacial score (nSPS) is 12.1. The molecule has 1 atom stereocenters. The fourth-order valence-electron chi connectivity index (χ4n) is 2.56. The van der Waals surface area contributed by atoms with E-state index < -0.39 is 6.04 Å². The van der Waals surface area contributed by atoms with Gasteiger partial charge < -0.3 is 0 Å². The maximum absolute atomic E-state index is 12.5. The van der Waals surface area contributed by atoms with Gasteiger partial charge in [0.05, 0.1) is 17.2 Å². The van der Waals surface area contributed by atoms with Crippen molar-refractivity contribution in [3.05, 3.63) is 58.6 Å². The van der Waals surface area contributed by atoms with Crippen LogP contribution in [0.4, 0.5) is 5.95 Å². The number of nitrogens with one attached hydrogen (secondary N) is 1. The quantitative estimate of drug-likeness (QED) is 0.686. The summed E-state index contributed by atoms with van der Waals surface area (Å²) in [5.41, 5.74) is 2.36. The van der Waals surface area contributed by atoms with Crippen LogP contribution < -0.4 is 5.32 Å². The molecule has 25 heavy (non-hydrogen) atoms. The van der Waals surface area contributed by atoms with Crippen LogP contribution in [0.5, 0.6) is 0 Å². The second kappa shape index (κ2) is 7.60. The Morgan fingerprint density at radius 1 is 1.36 bits per heavy atom. The molecule has 0 aliphatic carbocycles. The highest BCUT2D eigenvalue weighted by molar-refractivity contribution is 9.10. The lowest BCUT2D eigenvalue weighted by Gasteiger charge is -2.13. The maximum atomic E-state index is 12.5. The lowest BCUT2D eigenvalue weighted by Crippen LogP contribution is -2.26. The number of halogens is 1. The lowest BCUT2D eigenvalue weighted by molar-refractivity contribution is -0.119. The largest absolute Gasteiger partial charge is 0.291 e. The van der Waals surface area contributed by atoms with E-state index in [1.165, 1.54) is 5.56 Å². The third kappa shape index (κ3) is 4.14. The number of hydrogen-bond acceptors (Lipinski definition) is 4. The molecule has 0 spiro atoms. The molecule has 0 fully saturated rings. The van der Waals surface area contributed by atoms with Gasteiger partial charge in [-0.1, -0.05) is 31.2 Å². The molecule has 1 unspecified atom stereocenters. The SMILES string of the molecule is CCC(C(=O)Nc1ncn(Cc2ccccc2C)n1)n1cc(Br)cn1. The first-order valence-electron chi connectivity index (χ1n) is 8.01. The van der Waals surface area contributed by atoms with E-state index in [9.17, 15) is 4.79 Å². The molecule has 1 N–H and O–H groups in total. The van der Waals surface area contributed by atoms with E-state index >= 15 is 0 Å².